The normalized spacial score (nSPS) is 11.3. The minimum Gasteiger partial charge on any atom is -0.423 e. The van der Waals surface area contributed by atoms with Gasteiger partial charge in [-0.25, -0.2) is 0 Å². The van der Waals surface area contributed by atoms with Crippen molar-refractivity contribution in [1.29, 1.82) is 0 Å². The Morgan fingerprint density at radius 2 is 0.541 bits per heavy atom. The molecular weight excluding hydrogens is 1100 g/mol. The first-order valence-electron chi connectivity index (χ1n) is 24.5. The fraction of sp³-hybridized carbons (Fsp3) is 0. The van der Waals surface area contributed by atoms with E-state index in [9.17, 15) is 10.0 Å². The van der Waals surface area contributed by atoms with Crippen molar-refractivity contribution in [2.75, 3.05) is 0 Å². The van der Waals surface area contributed by atoms with Gasteiger partial charge in [-0.15, -0.1) is 0 Å². The van der Waals surface area contributed by atoms with Crippen LogP contribution in [0.25, 0.3) is 120 Å². The summed E-state index contributed by atoms with van der Waals surface area (Å²) >= 11 is 10.5. The van der Waals surface area contributed by atoms with Crippen molar-refractivity contribution >= 4 is 147 Å². The zero-order valence-corrected chi connectivity index (χ0v) is 44.6. The van der Waals surface area contributed by atoms with Crippen molar-refractivity contribution in [2.45, 2.75) is 0 Å². The topological polar surface area (TPSA) is 40.5 Å². The summed E-state index contributed by atoms with van der Waals surface area (Å²) in [5.74, 6) is 0. The molecule has 0 atom stereocenters. The molecule has 2 nitrogen and oxygen atoms in total. The minimum atomic E-state index is -1.53. The fourth-order valence-electron chi connectivity index (χ4n) is 10.9. The number of halogens is 3. The molecule has 0 saturated heterocycles. The van der Waals surface area contributed by atoms with Crippen LogP contribution in [0.5, 0.6) is 0 Å². The van der Waals surface area contributed by atoms with Crippen molar-refractivity contribution in [2.24, 2.45) is 0 Å². The number of benzene rings is 14. The van der Waals surface area contributed by atoms with Crippen LogP contribution in [0.4, 0.5) is 0 Å². The lowest BCUT2D eigenvalue weighted by Gasteiger charge is -2.19. The van der Waals surface area contributed by atoms with Crippen LogP contribution in [0.3, 0.4) is 0 Å². The summed E-state index contributed by atoms with van der Waals surface area (Å²) in [6.45, 7) is 0. The molecule has 0 radical (unpaired) electrons. The van der Waals surface area contributed by atoms with Crippen molar-refractivity contribution in [3.63, 3.8) is 0 Å². The highest BCUT2D eigenvalue weighted by molar-refractivity contribution is 9.11. The fourth-order valence-corrected chi connectivity index (χ4v) is 12.0. The quantitative estimate of drug-likeness (QED) is 0.136. The largest absolute Gasteiger partial charge is 0.489 e. The Kier molecular flexibility index (Phi) is 13.2. The van der Waals surface area contributed by atoms with E-state index in [1.165, 1.54) is 86.9 Å². The van der Waals surface area contributed by atoms with E-state index in [1.54, 1.807) is 0 Å². The number of fused-ring (bicyclic) bond motifs is 8. The van der Waals surface area contributed by atoms with Gasteiger partial charge in [-0.2, -0.15) is 0 Å². The van der Waals surface area contributed by atoms with Crippen molar-refractivity contribution in [3.05, 3.63) is 268 Å². The second-order valence-corrected chi connectivity index (χ2v) is 21.2. The van der Waals surface area contributed by atoms with E-state index in [0.717, 1.165) is 46.1 Å². The third kappa shape index (κ3) is 8.97. The minimum absolute atomic E-state index is 0.560. The van der Waals surface area contributed by atoms with E-state index >= 15 is 0 Å². The van der Waals surface area contributed by atoms with E-state index in [4.69, 9.17) is 0 Å². The molecule has 0 aliphatic carbocycles. The molecule has 14 aromatic carbocycles. The summed E-state index contributed by atoms with van der Waals surface area (Å²) in [5.41, 5.74) is 7.97. The molecule has 2 N–H and O–H groups in total. The lowest BCUT2D eigenvalue weighted by atomic mass is 9.72. The third-order valence-corrected chi connectivity index (χ3v) is 15.6. The van der Waals surface area contributed by atoms with Gasteiger partial charge in [-0.3, -0.25) is 0 Å². The molecule has 352 valence electrons. The molecule has 0 amide bonds. The standard InChI is InChI=1S/C34H21Br.C24H17BO2.C10H6Br2/c35-26-19-18-23-20-25(17-16-24(23)21-26)33-29-11-3-5-13-31(29)34(32-14-6-4-12-30(32)33)28-15-7-9-22-8-1-2-10-27(22)28;26-25(27)24-21-13-5-3-11-19(21)23(20-12-4-6-14-22(20)24)18-15-7-9-16-8-1-2-10-17(16)18;11-9-3-1-7-5-10(12)4-2-8(7)6-9/h1-21H;1-15,26-27H;1-6H. The van der Waals surface area contributed by atoms with Gasteiger partial charge in [0.1, 0.15) is 0 Å². The van der Waals surface area contributed by atoms with Gasteiger partial charge in [0.25, 0.3) is 0 Å². The summed E-state index contributed by atoms with van der Waals surface area (Å²) in [6, 6.07) is 89.6. The molecule has 6 heteroatoms. The summed E-state index contributed by atoms with van der Waals surface area (Å²) in [5, 5.41) is 39.1. The maximum atomic E-state index is 10.1. The van der Waals surface area contributed by atoms with Crippen LogP contribution in [0.1, 0.15) is 0 Å². The highest BCUT2D eigenvalue weighted by atomic mass is 79.9. The maximum absolute atomic E-state index is 10.1. The Bertz CT molecular complexity index is 4310. The monoisotopic (exact) mass is 1140 g/mol. The Morgan fingerprint density at radius 3 is 0.932 bits per heavy atom. The Morgan fingerprint density at radius 1 is 0.243 bits per heavy atom. The summed E-state index contributed by atoms with van der Waals surface area (Å²) < 4.78 is 3.35. The van der Waals surface area contributed by atoms with E-state index in [2.05, 4.69) is 260 Å². The Balaban J connectivity index is 0.000000126. The highest BCUT2D eigenvalue weighted by Crippen LogP contribution is 2.46. The molecule has 0 aromatic heterocycles. The molecule has 0 spiro atoms. The van der Waals surface area contributed by atoms with Crippen LogP contribution in [-0.4, -0.2) is 17.2 Å². The first kappa shape index (κ1) is 47.6. The van der Waals surface area contributed by atoms with Gasteiger partial charge in [0.15, 0.2) is 0 Å². The van der Waals surface area contributed by atoms with Crippen LogP contribution >= 0.6 is 47.8 Å². The molecule has 0 unspecified atom stereocenters. The van der Waals surface area contributed by atoms with E-state index in [-0.39, 0.29) is 0 Å². The van der Waals surface area contributed by atoms with Gasteiger partial charge >= 0.3 is 7.12 Å². The van der Waals surface area contributed by atoms with E-state index in [1.807, 2.05) is 42.5 Å². The third-order valence-electron chi connectivity index (χ3n) is 14.1. The van der Waals surface area contributed by atoms with Crippen LogP contribution in [0.2, 0.25) is 0 Å². The zero-order valence-electron chi connectivity index (χ0n) is 39.9. The van der Waals surface area contributed by atoms with Crippen LogP contribution in [-0.2, 0) is 0 Å². The predicted octanol–water partition coefficient (Wildman–Crippen LogP) is 19.3. The summed E-state index contributed by atoms with van der Waals surface area (Å²) in [4.78, 5) is 0. The molecule has 14 rings (SSSR count). The van der Waals surface area contributed by atoms with Crippen molar-refractivity contribution in [3.8, 4) is 33.4 Å². The van der Waals surface area contributed by atoms with Crippen molar-refractivity contribution < 1.29 is 10.0 Å². The van der Waals surface area contributed by atoms with E-state index < -0.39 is 7.12 Å². The van der Waals surface area contributed by atoms with Gasteiger partial charge in [0.2, 0.25) is 0 Å². The first-order valence-corrected chi connectivity index (χ1v) is 26.9. The molecule has 0 bridgehead atoms. The zero-order chi connectivity index (χ0) is 50.3. The molecule has 0 aliphatic rings. The van der Waals surface area contributed by atoms with Gasteiger partial charge in [-0.1, -0.05) is 260 Å². The van der Waals surface area contributed by atoms with Gasteiger partial charge < -0.3 is 10.0 Å². The predicted molar refractivity (Wildman–Crippen MR) is 329 cm³/mol. The van der Waals surface area contributed by atoms with Crippen LogP contribution in [0.15, 0.2) is 268 Å². The maximum Gasteiger partial charge on any atom is 0.489 e. The lowest BCUT2D eigenvalue weighted by molar-refractivity contribution is 0.426. The molecular formula is C68H44BBr3O2. The smallest absolute Gasteiger partial charge is 0.423 e. The lowest BCUT2D eigenvalue weighted by Crippen LogP contribution is -2.31. The Labute approximate surface area is 454 Å². The van der Waals surface area contributed by atoms with Crippen molar-refractivity contribution in [1.82, 2.24) is 0 Å². The average Bonchev–Trinajstić information content (AvgIpc) is 3.44. The van der Waals surface area contributed by atoms with Crippen LogP contribution in [0, 0.1) is 0 Å². The van der Waals surface area contributed by atoms with Crippen LogP contribution < -0.4 is 5.46 Å². The molecule has 74 heavy (non-hydrogen) atoms. The Hall–Kier alpha value is -7.42. The average molecular weight is 1140 g/mol. The second-order valence-electron chi connectivity index (χ2n) is 18.5. The summed E-state index contributed by atoms with van der Waals surface area (Å²) in [7, 11) is -1.53. The molecule has 0 fully saturated rings. The molecule has 0 saturated carbocycles. The molecule has 14 aromatic rings. The van der Waals surface area contributed by atoms with E-state index in [0.29, 0.717) is 5.46 Å². The van der Waals surface area contributed by atoms with Gasteiger partial charge in [-0.05, 0) is 167 Å². The number of hydrogen-bond acceptors (Lipinski definition) is 2. The molecule has 0 aliphatic heterocycles. The summed E-state index contributed by atoms with van der Waals surface area (Å²) in [6.07, 6.45) is 0. The number of rotatable bonds is 4. The first-order chi connectivity index (χ1) is 36.3. The second kappa shape index (κ2) is 20.5. The highest BCUT2D eigenvalue weighted by Gasteiger charge is 2.23. The number of hydrogen-bond donors (Lipinski definition) is 2. The molecule has 0 heterocycles. The van der Waals surface area contributed by atoms with Gasteiger partial charge in [0.05, 0.1) is 0 Å². The van der Waals surface area contributed by atoms with Gasteiger partial charge in [0, 0.05) is 13.4 Å². The SMILES string of the molecule is Brc1ccc2cc(-c3c4ccccc4c(-c4cccc5ccccc45)c4ccccc34)ccc2c1.Brc1ccc2cc(Br)ccc2c1.OB(O)c1c2ccccc2c(-c2cccc3ccccc23)c2ccccc12.